The largest absolute Gasteiger partial charge is 0.340 e. The Labute approximate surface area is 131 Å². The molecule has 21 heavy (non-hydrogen) atoms. The second kappa shape index (κ2) is 7.24. The van der Waals surface area contributed by atoms with Gasteiger partial charge in [0.25, 0.3) is 0 Å². The predicted molar refractivity (Wildman–Crippen MR) is 85.2 cm³/mol. The molecular weight excluding hydrogens is 312 g/mol. The lowest BCUT2D eigenvalue weighted by atomic mass is 10.1. The van der Waals surface area contributed by atoms with Crippen molar-refractivity contribution in [2.45, 2.75) is 24.1 Å². The molecule has 0 radical (unpaired) electrons. The van der Waals surface area contributed by atoms with Crippen LogP contribution in [-0.2, 0) is 21.1 Å². The van der Waals surface area contributed by atoms with Gasteiger partial charge in [-0.3, -0.25) is 4.79 Å². The van der Waals surface area contributed by atoms with Crippen molar-refractivity contribution in [3.05, 3.63) is 35.9 Å². The number of carbonyl (C=O) groups is 1. The van der Waals surface area contributed by atoms with Crippen molar-refractivity contribution in [1.82, 2.24) is 4.90 Å². The number of sulfone groups is 1. The monoisotopic (exact) mass is 332 g/mol. The van der Waals surface area contributed by atoms with E-state index in [1.54, 1.807) is 4.90 Å². The van der Waals surface area contributed by atoms with Gasteiger partial charge < -0.3 is 10.6 Å². The summed E-state index contributed by atoms with van der Waals surface area (Å²) in [7, 11) is -3.45. The highest BCUT2D eigenvalue weighted by Gasteiger charge is 2.35. The van der Waals surface area contributed by atoms with E-state index in [9.17, 15) is 13.2 Å². The summed E-state index contributed by atoms with van der Waals surface area (Å²) in [4.78, 5) is 14.0. The van der Waals surface area contributed by atoms with Crippen LogP contribution in [0.25, 0.3) is 0 Å². The van der Waals surface area contributed by atoms with Gasteiger partial charge in [-0.25, -0.2) is 8.42 Å². The quantitative estimate of drug-likeness (QED) is 0.876. The fourth-order valence-electron chi connectivity index (χ4n) is 2.44. The molecule has 2 N–H and O–H groups in total. The van der Waals surface area contributed by atoms with Crippen LogP contribution in [0.5, 0.6) is 0 Å². The summed E-state index contributed by atoms with van der Waals surface area (Å²) in [6.45, 7) is 0.987. The molecule has 0 bridgehead atoms. The molecule has 1 heterocycles. The van der Waals surface area contributed by atoms with E-state index in [1.807, 2.05) is 30.3 Å². The molecule has 0 spiro atoms. The molecule has 0 aromatic heterocycles. The first-order chi connectivity index (χ1) is 9.38. The van der Waals surface area contributed by atoms with Crippen molar-refractivity contribution in [3.8, 4) is 0 Å². The molecule has 1 fully saturated rings. The molecule has 5 nitrogen and oxygen atoms in total. The molecule has 1 aliphatic rings. The number of nitrogens with zero attached hydrogens (tertiary/aromatic N) is 1. The second-order valence-corrected chi connectivity index (χ2v) is 7.57. The minimum atomic E-state index is -3.45. The van der Waals surface area contributed by atoms with Crippen molar-refractivity contribution < 1.29 is 13.2 Å². The van der Waals surface area contributed by atoms with Crippen LogP contribution in [0.2, 0.25) is 0 Å². The van der Waals surface area contributed by atoms with Gasteiger partial charge in [0.2, 0.25) is 5.91 Å². The van der Waals surface area contributed by atoms with E-state index in [-0.39, 0.29) is 30.8 Å². The fourth-order valence-corrected chi connectivity index (χ4v) is 3.45. The van der Waals surface area contributed by atoms with Gasteiger partial charge >= 0.3 is 0 Å². The molecule has 0 saturated carbocycles. The lowest BCUT2D eigenvalue weighted by Gasteiger charge is -2.22. The van der Waals surface area contributed by atoms with Crippen molar-refractivity contribution in [3.63, 3.8) is 0 Å². The van der Waals surface area contributed by atoms with Crippen LogP contribution < -0.4 is 5.73 Å². The highest BCUT2D eigenvalue weighted by Crippen LogP contribution is 2.16. The number of rotatable bonds is 4. The van der Waals surface area contributed by atoms with Crippen LogP contribution in [0, 0.1) is 0 Å². The molecule has 7 heteroatoms. The van der Waals surface area contributed by atoms with Crippen molar-refractivity contribution in [2.24, 2.45) is 5.73 Å². The highest BCUT2D eigenvalue weighted by atomic mass is 35.5. The SMILES string of the molecule is CS(=O)(=O)C(Cc1ccccc1)C(=O)N1CC[C@@H](N)C1.Cl. The molecule has 1 unspecified atom stereocenters. The van der Waals surface area contributed by atoms with Crippen LogP contribution in [0.15, 0.2) is 30.3 Å². The smallest absolute Gasteiger partial charge is 0.241 e. The van der Waals surface area contributed by atoms with Crippen LogP contribution >= 0.6 is 12.4 Å². The van der Waals surface area contributed by atoms with E-state index in [1.165, 1.54) is 0 Å². The van der Waals surface area contributed by atoms with Crippen LogP contribution in [0.4, 0.5) is 0 Å². The summed E-state index contributed by atoms with van der Waals surface area (Å²) in [5.74, 6) is -0.329. The molecule has 2 rings (SSSR count). The molecule has 0 aliphatic carbocycles. The maximum atomic E-state index is 12.4. The summed E-state index contributed by atoms with van der Waals surface area (Å²) in [5.41, 5.74) is 6.63. The number of benzene rings is 1. The number of amides is 1. The average molecular weight is 333 g/mol. The molecule has 1 amide bonds. The standard InChI is InChI=1S/C14H20N2O3S.ClH/c1-20(18,19)13(9-11-5-3-2-4-6-11)14(17)16-8-7-12(15)10-16;/h2-6,12-13H,7-10,15H2,1H3;1H/t12-,13?;/m1./s1. The van der Waals surface area contributed by atoms with Gasteiger partial charge in [0.05, 0.1) is 0 Å². The van der Waals surface area contributed by atoms with Gasteiger partial charge in [0.15, 0.2) is 9.84 Å². The third-order valence-electron chi connectivity index (χ3n) is 3.59. The number of carbonyl (C=O) groups excluding carboxylic acids is 1. The lowest BCUT2D eigenvalue weighted by Crippen LogP contribution is -2.43. The third kappa shape index (κ3) is 4.69. The first kappa shape index (κ1) is 17.9. The molecule has 1 aromatic rings. The third-order valence-corrected chi connectivity index (χ3v) is 4.99. The molecule has 1 aromatic carbocycles. The fraction of sp³-hybridized carbons (Fsp3) is 0.500. The maximum Gasteiger partial charge on any atom is 0.241 e. The second-order valence-electron chi connectivity index (χ2n) is 5.34. The van der Waals surface area contributed by atoms with Crippen molar-refractivity contribution in [1.29, 1.82) is 0 Å². The van der Waals surface area contributed by atoms with E-state index >= 15 is 0 Å². The molecule has 118 valence electrons. The Balaban J connectivity index is 0.00000220. The number of likely N-dealkylation sites (tertiary alicyclic amines) is 1. The van der Waals surface area contributed by atoms with Gasteiger partial charge in [-0.2, -0.15) is 0 Å². The number of hydrogen-bond donors (Lipinski definition) is 1. The van der Waals surface area contributed by atoms with Gasteiger partial charge in [-0.05, 0) is 18.4 Å². The molecule has 2 atom stereocenters. The van der Waals surface area contributed by atoms with Gasteiger partial charge in [-0.15, -0.1) is 12.4 Å². The summed E-state index contributed by atoms with van der Waals surface area (Å²) < 4.78 is 23.9. The van der Waals surface area contributed by atoms with Crippen molar-refractivity contribution in [2.75, 3.05) is 19.3 Å². The normalized spacial score (nSPS) is 19.9. The Morgan fingerprint density at radius 3 is 2.48 bits per heavy atom. The minimum Gasteiger partial charge on any atom is -0.340 e. The number of halogens is 1. The van der Waals surface area contributed by atoms with Gasteiger partial charge in [0.1, 0.15) is 5.25 Å². The Morgan fingerprint density at radius 2 is 2.00 bits per heavy atom. The molecule has 1 aliphatic heterocycles. The Morgan fingerprint density at radius 1 is 1.38 bits per heavy atom. The van der Waals surface area contributed by atoms with E-state index in [2.05, 4.69) is 0 Å². The van der Waals surface area contributed by atoms with E-state index in [4.69, 9.17) is 5.73 Å². The zero-order valence-corrected chi connectivity index (χ0v) is 13.6. The zero-order chi connectivity index (χ0) is 14.8. The maximum absolute atomic E-state index is 12.4. The van der Waals surface area contributed by atoms with Crippen LogP contribution in [0.3, 0.4) is 0 Å². The average Bonchev–Trinajstić information content (AvgIpc) is 2.82. The molecular formula is C14H21ClN2O3S. The minimum absolute atomic E-state index is 0. The van der Waals surface area contributed by atoms with Gasteiger partial charge in [-0.1, -0.05) is 30.3 Å². The van der Waals surface area contributed by atoms with Crippen LogP contribution in [0.1, 0.15) is 12.0 Å². The Hall–Kier alpha value is -1.11. The summed E-state index contributed by atoms with van der Waals surface area (Å²) in [6.07, 6.45) is 2.06. The van der Waals surface area contributed by atoms with E-state index in [0.29, 0.717) is 13.1 Å². The van der Waals surface area contributed by atoms with Crippen molar-refractivity contribution >= 4 is 28.2 Å². The first-order valence-corrected chi connectivity index (χ1v) is 8.60. The summed E-state index contributed by atoms with van der Waals surface area (Å²) in [5, 5.41) is -1.02. The van der Waals surface area contributed by atoms with E-state index < -0.39 is 15.1 Å². The highest BCUT2D eigenvalue weighted by molar-refractivity contribution is 7.92. The lowest BCUT2D eigenvalue weighted by molar-refractivity contribution is -0.129. The number of nitrogens with two attached hydrogens (primary N) is 1. The van der Waals surface area contributed by atoms with Crippen LogP contribution in [-0.4, -0.2) is 49.9 Å². The predicted octanol–water partition coefficient (Wildman–Crippen LogP) is 0.624. The first-order valence-electron chi connectivity index (χ1n) is 6.65. The Bertz CT molecular complexity index is 577. The number of hydrogen-bond acceptors (Lipinski definition) is 4. The topological polar surface area (TPSA) is 80.5 Å². The summed E-state index contributed by atoms with van der Waals surface area (Å²) in [6, 6.07) is 9.16. The zero-order valence-electron chi connectivity index (χ0n) is 11.9. The Kier molecular flexibility index (Phi) is 6.19. The van der Waals surface area contributed by atoms with Gasteiger partial charge in [0, 0.05) is 25.4 Å². The molecule has 1 saturated heterocycles. The summed E-state index contributed by atoms with van der Waals surface area (Å²) >= 11 is 0. The van der Waals surface area contributed by atoms with E-state index in [0.717, 1.165) is 18.2 Å².